The number of carbonyl (C=O) groups is 1. The molecule has 1 fully saturated rings. The first kappa shape index (κ1) is 17.5. The van der Waals surface area contributed by atoms with Crippen LogP contribution in [0.2, 0.25) is 5.02 Å². The number of para-hydroxylation sites is 1. The van der Waals surface area contributed by atoms with Crippen molar-refractivity contribution in [2.45, 2.75) is 16.5 Å². The smallest absolute Gasteiger partial charge is 0.237 e. The Hall–Kier alpha value is -1.35. The quantitative estimate of drug-likeness (QED) is 0.799. The molecule has 0 radical (unpaired) electrons. The van der Waals surface area contributed by atoms with Gasteiger partial charge in [-0.2, -0.15) is 0 Å². The van der Waals surface area contributed by atoms with Gasteiger partial charge in [-0.05, 0) is 19.1 Å². The summed E-state index contributed by atoms with van der Waals surface area (Å²) in [6.07, 6.45) is 0. The molecule has 128 valence electrons. The van der Waals surface area contributed by atoms with Gasteiger partial charge in [0, 0.05) is 13.1 Å². The minimum absolute atomic E-state index is 0.115. The van der Waals surface area contributed by atoms with Crippen LogP contribution in [0.4, 0.5) is 10.8 Å². The maximum absolute atomic E-state index is 12.3. The van der Waals surface area contributed by atoms with Crippen molar-refractivity contribution < 1.29 is 9.53 Å². The zero-order valence-corrected chi connectivity index (χ0v) is 15.5. The van der Waals surface area contributed by atoms with Gasteiger partial charge in [-0.15, -0.1) is 10.2 Å². The van der Waals surface area contributed by atoms with Crippen molar-refractivity contribution in [3.8, 4) is 0 Å². The zero-order valence-electron chi connectivity index (χ0n) is 13.1. The lowest BCUT2D eigenvalue weighted by atomic mass is 10.3. The van der Waals surface area contributed by atoms with Gasteiger partial charge < -0.3 is 15.0 Å². The lowest BCUT2D eigenvalue weighted by Crippen LogP contribution is -2.36. The van der Waals surface area contributed by atoms with Crippen LogP contribution in [0.3, 0.4) is 0 Å². The highest BCUT2D eigenvalue weighted by Crippen LogP contribution is 2.32. The number of hydrogen-bond donors (Lipinski definition) is 1. The van der Waals surface area contributed by atoms with Crippen LogP contribution in [0.15, 0.2) is 28.6 Å². The summed E-state index contributed by atoms with van der Waals surface area (Å²) >= 11 is 8.96. The van der Waals surface area contributed by atoms with E-state index in [4.69, 9.17) is 16.3 Å². The third kappa shape index (κ3) is 4.38. The second kappa shape index (κ2) is 8.15. The van der Waals surface area contributed by atoms with E-state index in [0.29, 0.717) is 23.9 Å². The average Bonchev–Trinajstić information content (AvgIpc) is 3.06. The SMILES string of the molecule is CC(Sc1nnc(N2CCOCC2)s1)C(=O)Nc1ccccc1Cl. The Morgan fingerprint density at radius 1 is 1.38 bits per heavy atom. The molecule has 1 N–H and O–H groups in total. The molecule has 1 unspecified atom stereocenters. The third-order valence-electron chi connectivity index (χ3n) is 3.46. The Morgan fingerprint density at radius 3 is 2.88 bits per heavy atom. The first-order valence-electron chi connectivity index (χ1n) is 7.52. The fourth-order valence-corrected chi connectivity index (χ4v) is 4.35. The summed E-state index contributed by atoms with van der Waals surface area (Å²) in [5.41, 5.74) is 0.614. The number of aromatic nitrogens is 2. The van der Waals surface area contributed by atoms with Crippen molar-refractivity contribution >= 4 is 51.4 Å². The number of anilines is 2. The zero-order chi connectivity index (χ0) is 16.9. The second-order valence-electron chi connectivity index (χ2n) is 5.18. The molecule has 1 aliphatic heterocycles. The number of rotatable bonds is 5. The molecule has 1 amide bonds. The molecular weight excluding hydrogens is 368 g/mol. The minimum atomic E-state index is -0.299. The number of nitrogens with one attached hydrogen (secondary N) is 1. The van der Waals surface area contributed by atoms with Gasteiger partial charge in [0.1, 0.15) is 0 Å². The van der Waals surface area contributed by atoms with E-state index in [2.05, 4.69) is 20.4 Å². The molecule has 3 rings (SSSR count). The molecule has 0 spiro atoms. The predicted molar refractivity (Wildman–Crippen MR) is 98.3 cm³/mol. The fraction of sp³-hybridized carbons (Fsp3) is 0.400. The molecule has 1 saturated heterocycles. The number of hydrogen-bond acceptors (Lipinski definition) is 7. The molecule has 24 heavy (non-hydrogen) atoms. The van der Waals surface area contributed by atoms with Gasteiger partial charge in [0.25, 0.3) is 0 Å². The largest absolute Gasteiger partial charge is 0.378 e. The fourth-order valence-electron chi connectivity index (χ4n) is 2.13. The highest BCUT2D eigenvalue weighted by molar-refractivity contribution is 8.02. The van der Waals surface area contributed by atoms with Crippen LogP contribution in [0.25, 0.3) is 0 Å². The van der Waals surface area contributed by atoms with Crippen LogP contribution < -0.4 is 10.2 Å². The number of nitrogens with zero attached hydrogens (tertiary/aromatic N) is 3. The molecule has 1 aromatic carbocycles. The number of thioether (sulfide) groups is 1. The maximum atomic E-state index is 12.3. The van der Waals surface area contributed by atoms with Crippen molar-refractivity contribution in [3.05, 3.63) is 29.3 Å². The van der Waals surface area contributed by atoms with Crippen molar-refractivity contribution in [2.75, 3.05) is 36.5 Å². The monoisotopic (exact) mass is 384 g/mol. The van der Waals surface area contributed by atoms with Gasteiger partial charge in [0.15, 0.2) is 4.34 Å². The standard InChI is InChI=1S/C15H17ClN4O2S2/c1-10(13(21)17-12-5-3-2-4-11(12)16)23-15-19-18-14(24-15)20-6-8-22-9-7-20/h2-5,10H,6-9H2,1H3,(H,17,21). The molecule has 1 atom stereocenters. The molecule has 0 saturated carbocycles. The lowest BCUT2D eigenvalue weighted by molar-refractivity contribution is -0.115. The van der Waals surface area contributed by atoms with Gasteiger partial charge in [-0.3, -0.25) is 4.79 Å². The Labute approximate surface area is 153 Å². The molecule has 2 aromatic rings. The summed E-state index contributed by atoms with van der Waals surface area (Å²) in [6.45, 7) is 4.90. The summed E-state index contributed by atoms with van der Waals surface area (Å²) in [4.78, 5) is 14.5. The topological polar surface area (TPSA) is 67.3 Å². The summed E-state index contributed by atoms with van der Waals surface area (Å²) in [5, 5.41) is 12.3. The van der Waals surface area contributed by atoms with Gasteiger partial charge >= 0.3 is 0 Å². The van der Waals surface area contributed by atoms with Crippen LogP contribution >= 0.6 is 34.7 Å². The van der Waals surface area contributed by atoms with E-state index < -0.39 is 0 Å². The maximum Gasteiger partial charge on any atom is 0.237 e. The Balaban J connectivity index is 1.58. The Kier molecular flexibility index (Phi) is 5.94. The van der Waals surface area contributed by atoms with E-state index in [1.165, 1.54) is 23.1 Å². The van der Waals surface area contributed by atoms with Crippen molar-refractivity contribution in [2.24, 2.45) is 0 Å². The van der Waals surface area contributed by atoms with Crippen LogP contribution in [-0.2, 0) is 9.53 Å². The van der Waals surface area contributed by atoms with Crippen LogP contribution in [0, 0.1) is 0 Å². The highest BCUT2D eigenvalue weighted by atomic mass is 35.5. The van der Waals surface area contributed by atoms with E-state index in [9.17, 15) is 4.79 Å². The van der Waals surface area contributed by atoms with E-state index in [-0.39, 0.29) is 11.2 Å². The van der Waals surface area contributed by atoms with Crippen LogP contribution in [0.1, 0.15) is 6.92 Å². The van der Waals surface area contributed by atoms with Crippen LogP contribution in [-0.4, -0.2) is 47.7 Å². The van der Waals surface area contributed by atoms with Gasteiger partial charge in [0.05, 0.1) is 29.2 Å². The van der Waals surface area contributed by atoms with Crippen molar-refractivity contribution in [1.29, 1.82) is 0 Å². The second-order valence-corrected chi connectivity index (χ2v) is 8.13. The van der Waals surface area contributed by atoms with Gasteiger partial charge in [-0.1, -0.05) is 46.8 Å². The minimum Gasteiger partial charge on any atom is -0.378 e. The van der Waals surface area contributed by atoms with Crippen LogP contribution in [0.5, 0.6) is 0 Å². The predicted octanol–water partition coefficient (Wildman–Crippen LogP) is 3.15. The molecule has 2 heterocycles. The van der Waals surface area contributed by atoms with E-state index in [1.807, 2.05) is 19.1 Å². The molecule has 0 aliphatic carbocycles. The Bertz CT molecular complexity index is 706. The number of amides is 1. The highest BCUT2D eigenvalue weighted by Gasteiger charge is 2.20. The molecule has 0 bridgehead atoms. The molecule has 1 aromatic heterocycles. The lowest BCUT2D eigenvalue weighted by Gasteiger charge is -2.25. The average molecular weight is 385 g/mol. The summed E-state index contributed by atoms with van der Waals surface area (Å²) in [7, 11) is 0. The number of carbonyl (C=O) groups excluding carboxylic acids is 1. The van der Waals surface area contributed by atoms with Crippen molar-refractivity contribution in [3.63, 3.8) is 0 Å². The first-order chi connectivity index (χ1) is 11.6. The molecular formula is C15H17ClN4O2S2. The normalized spacial score (nSPS) is 16.0. The van der Waals surface area contributed by atoms with E-state index >= 15 is 0 Å². The van der Waals surface area contributed by atoms with E-state index in [1.54, 1.807) is 12.1 Å². The molecule has 1 aliphatic rings. The number of benzene rings is 1. The van der Waals surface area contributed by atoms with Gasteiger partial charge in [-0.25, -0.2) is 0 Å². The molecule has 9 heteroatoms. The number of morpholine rings is 1. The van der Waals surface area contributed by atoms with Gasteiger partial charge in [0.2, 0.25) is 11.0 Å². The van der Waals surface area contributed by atoms with E-state index in [0.717, 1.165) is 22.6 Å². The van der Waals surface area contributed by atoms with Crippen molar-refractivity contribution in [1.82, 2.24) is 10.2 Å². The first-order valence-corrected chi connectivity index (χ1v) is 9.59. The number of ether oxygens (including phenoxy) is 1. The summed E-state index contributed by atoms with van der Waals surface area (Å²) in [5.74, 6) is -0.115. The summed E-state index contributed by atoms with van der Waals surface area (Å²) in [6, 6.07) is 7.18. The summed E-state index contributed by atoms with van der Waals surface area (Å²) < 4.78 is 6.11. The third-order valence-corrected chi connectivity index (χ3v) is 5.95. The Morgan fingerprint density at radius 2 is 2.12 bits per heavy atom. The number of halogens is 1. The molecule has 6 nitrogen and oxygen atoms in total.